The normalized spacial score (nSPS) is 1.00. The van der Waals surface area contributed by atoms with Crippen molar-refractivity contribution >= 4 is 23.3 Å². The summed E-state index contributed by atoms with van der Waals surface area (Å²) in [6.07, 6.45) is 0. The Morgan fingerprint density at radius 1 is 1.25 bits per heavy atom. The Labute approximate surface area is 60.5 Å². The van der Waals surface area contributed by atoms with Crippen LogP contribution in [-0.2, 0) is 37.6 Å². The number of rotatable bonds is 0. The van der Waals surface area contributed by atoms with Gasteiger partial charge in [0.25, 0.3) is 0 Å². The number of hydrogen-bond acceptors (Lipinski definition) is 0. The van der Waals surface area contributed by atoms with Crippen LogP contribution in [0, 0.1) is 0 Å². The van der Waals surface area contributed by atoms with E-state index in [0.717, 1.165) is 0 Å². The van der Waals surface area contributed by atoms with Gasteiger partial charge in [0, 0.05) is 16.8 Å². The summed E-state index contributed by atoms with van der Waals surface area (Å²) in [5.41, 5.74) is 0. The predicted molar refractivity (Wildman–Crippen MR) is 18.5 cm³/mol. The maximum atomic E-state index is 2.11. The molecule has 0 nitrogen and oxygen atoms in total. The minimum Gasteiger partial charge on any atom is 0 e. The first-order chi connectivity index (χ1) is 1.00. The molecule has 0 N–H and O–H groups in total. The van der Waals surface area contributed by atoms with E-state index in [1.54, 1.807) is 0 Å². The van der Waals surface area contributed by atoms with Crippen LogP contribution in [0.2, 0.25) is 0 Å². The Balaban J connectivity index is -0.00000000500. The first-order valence-corrected chi connectivity index (χ1v) is 3.66. The van der Waals surface area contributed by atoms with Crippen LogP contribution in [0.3, 0.4) is 0 Å². The van der Waals surface area contributed by atoms with Crippen LogP contribution in [0.15, 0.2) is 0 Å². The van der Waals surface area contributed by atoms with E-state index in [4.69, 9.17) is 0 Å². The molecular formula is H5AlBCoTa. The molecule has 0 rings (SSSR count). The van der Waals surface area contributed by atoms with Crippen molar-refractivity contribution in [1.82, 2.24) is 0 Å². The van der Waals surface area contributed by atoms with Crippen molar-refractivity contribution in [1.29, 1.82) is 0 Å². The van der Waals surface area contributed by atoms with Gasteiger partial charge in [-0.05, 0) is 0 Å². The Bertz CT molecular complexity index is 8.00. The second kappa shape index (κ2) is 21.0. The van der Waals surface area contributed by atoms with Crippen LogP contribution in [0.5, 0.6) is 0 Å². The molecular weight excluding hydrogens is 278 g/mol. The molecule has 0 aliphatic heterocycles. The monoisotopic (exact) mass is 283 g/mol. The molecule has 0 aromatic heterocycles. The van der Waals surface area contributed by atoms with Gasteiger partial charge in [-0.25, -0.2) is 0 Å². The fraction of sp³-hybridized carbons (Fsp3) is 0. The molecule has 0 aliphatic carbocycles. The topological polar surface area (TPSA) is 0 Å². The second-order valence-electron chi connectivity index (χ2n) is 0. The van der Waals surface area contributed by atoms with E-state index in [1.807, 2.05) is 0 Å². The zero-order valence-electron chi connectivity index (χ0n) is 1.78. The summed E-state index contributed by atoms with van der Waals surface area (Å²) in [6.45, 7) is 0. The molecule has 0 saturated carbocycles. The van der Waals surface area contributed by atoms with Gasteiger partial charge in [-0.3, -0.25) is 0 Å². The summed E-state index contributed by atoms with van der Waals surface area (Å²) >= 11 is 1.44. The van der Waals surface area contributed by atoms with Gasteiger partial charge in [0.2, 0.25) is 0 Å². The first kappa shape index (κ1) is 17.0. The summed E-state index contributed by atoms with van der Waals surface area (Å²) in [5, 5.41) is 0. The van der Waals surface area contributed by atoms with Gasteiger partial charge in [0.05, 0.1) is 0 Å². The summed E-state index contributed by atoms with van der Waals surface area (Å²) in [6, 6.07) is 0. The van der Waals surface area contributed by atoms with Crippen molar-refractivity contribution in [3.63, 3.8) is 0 Å². The predicted octanol–water partition coefficient (Wildman–Crippen LogP) is -2.11. The molecule has 0 heterocycles. The molecule has 0 aromatic rings. The molecule has 0 fully saturated rings. The zero-order valence-corrected chi connectivity index (χ0v) is 6.03. The third-order valence-corrected chi connectivity index (χ3v) is 0. The number of hydrogen-bond donors (Lipinski definition) is 0. The molecule has 4 heteroatoms. The van der Waals surface area contributed by atoms with Gasteiger partial charge >= 0.3 is 26.8 Å². The molecule has 0 saturated heterocycles. The third kappa shape index (κ3) is 9.14. The van der Waals surface area contributed by atoms with Gasteiger partial charge in [-0.2, -0.15) is 0 Å². The third-order valence-electron chi connectivity index (χ3n) is 0. The minimum atomic E-state index is 0. The van der Waals surface area contributed by atoms with Gasteiger partial charge < -0.3 is 0 Å². The summed E-state index contributed by atoms with van der Waals surface area (Å²) in [7, 11) is 0. The second-order valence-corrected chi connectivity index (χ2v) is 0. The van der Waals surface area contributed by atoms with Crippen LogP contribution in [-0.4, -0.2) is 23.3 Å². The van der Waals surface area contributed by atoms with Gasteiger partial charge in [-0.1, -0.05) is 0 Å². The Hall–Kier alpha value is 1.84. The van der Waals surface area contributed by atoms with E-state index in [-0.39, 0.29) is 34.1 Å². The summed E-state index contributed by atoms with van der Waals surface area (Å²) in [4.78, 5) is 0. The standard InChI is InChI=1S/Al.BH2.Co.Ta.3H/h;1H2;;;;;/q;+1;;-1;;;. The molecule has 4 heavy (non-hydrogen) atoms. The SMILES string of the molecule is [AlH3].[BH2][Ta].[Co]. The molecule has 0 amide bonds. The maximum absolute atomic E-state index is 2.11. The van der Waals surface area contributed by atoms with E-state index < -0.39 is 0 Å². The van der Waals surface area contributed by atoms with E-state index in [0.29, 0.717) is 0 Å². The molecule has 0 aromatic carbocycles. The van der Waals surface area contributed by atoms with Crippen LogP contribution in [0.1, 0.15) is 0 Å². The Morgan fingerprint density at radius 2 is 1.25 bits per heavy atom. The van der Waals surface area contributed by atoms with Crippen molar-refractivity contribution < 1.29 is 37.6 Å². The largest absolute Gasteiger partial charge is 0 e. The fourth-order valence-corrected chi connectivity index (χ4v) is 0. The average Bonchev–Trinajstić information content (AvgIpc) is 1.00. The van der Waals surface area contributed by atoms with Crippen LogP contribution < -0.4 is 0 Å². The smallest absolute Gasteiger partial charge is 0 e. The summed E-state index contributed by atoms with van der Waals surface area (Å²) in [5.74, 6) is 2.11. The molecule has 0 atom stereocenters. The quantitative estimate of drug-likeness (QED) is 0.447. The van der Waals surface area contributed by atoms with Crippen LogP contribution in [0.4, 0.5) is 0 Å². The van der Waals surface area contributed by atoms with E-state index in [1.165, 1.54) is 20.9 Å². The Morgan fingerprint density at radius 3 is 1.25 bits per heavy atom. The minimum absolute atomic E-state index is 0. The Kier molecular flexibility index (Phi) is 89.2. The van der Waals surface area contributed by atoms with Gasteiger partial charge in [-0.15, -0.1) is 0 Å². The van der Waals surface area contributed by atoms with Crippen molar-refractivity contribution in [2.45, 2.75) is 0 Å². The molecule has 0 spiro atoms. The van der Waals surface area contributed by atoms with E-state index >= 15 is 0 Å². The van der Waals surface area contributed by atoms with Crippen molar-refractivity contribution in [2.24, 2.45) is 0 Å². The maximum Gasteiger partial charge on any atom is 0 e. The summed E-state index contributed by atoms with van der Waals surface area (Å²) < 4.78 is 0. The van der Waals surface area contributed by atoms with Crippen LogP contribution >= 0.6 is 0 Å². The molecule has 1 radical (unpaired) electrons. The first-order valence-electron chi connectivity index (χ1n) is 0.447. The van der Waals surface area contributed by atoms with Crippen LogP contribution in [0.25, 0.3) is 0 Å². The molecule has 0 bridgehead atoms. The van der Waals surface area contributed by atoms with Crippen molar-refractivity contribution in [2.75, 3.05) is 0 Å². The molecule has 0 unspecified atom stereocenters. The molecule has 0 aliphatic rings. The van der Waals surface area contributed by atoms with Gasteiger partial charge in [0.1, 0.15) is 0 Å². The van der Waals surface area contributed by atoms with Crippen molar-refractivity contribution in [3.05, 3.63) is 0 Å². The van der Waals surface area contributed by atoms with Crippen molar-refractivity contribution in [3.8, 4) is 0 Å². The fourth-order valence-electron chi connectivity index (χ4n) is 0. The van der Waals surface area contributed by atoms with E-state index in [9.17, 15) is 0 Å². The average molecular weight is 283 g/mol. The van der Waals surface area contributed by atoms with E-state index in [2.05, 4.69) is 5.93 Å². The molecule has 25 valence electrons. The van der Waals surface area contributed by atoms with Gasteiger partial charge in [0.15, 0.2) is 17.4 Å². The zero-order chi connectivity index (χ0) is 2.00.